The first-order valence-corrected chi connectivity index (χ1v) is 6.77. The molecule has 0 unspecified atom stereocenters. The molecule has 0 saturated heterocycles. The second-order valence-electron chi connectivity index (χ2n) is 4.25. The molecule has 0 aromatic heterocycles. The van der Waals surface area contributed by atoms with Crippen LogP contribution in [0.4, 0.5) is 5.69 Å². The molecule has 3 N–H and O–H groups in total. The fourth-order valence-electron chi connectivity index (χ4n) is 1.74. The highest BCUT2D eigenvalue weighted by Crippen LogP contribution is 2.34. The number of nitrogen functional groups attached to an aromatic ring is 1. The van der Waals surface area contributed by atoms with Gasteiger partial charge in [0.1, 0.15) is 22.7 Å². The summed E-state index contributed by atoms with van der Waals surface area (Å²) in [6.07, 6.45) is 0. The first kappa shape index (κ1) is 15.0. The van der Waals surface area contributed by atoms with Gasteiger partial charge in [-0.1, -0.05) is 24.3 Å². The van der Waals surface area contributed by atoms with E-state index in [1.54, 1.807) is 30.3 Å². The van der Waals surface area contributed by atoms with Gasteiger partial charge < -0.3 is 10.5 Å². The zero-order chi connectivity index (χ0) is 15.4. The van der Waals surface area contributed by atoms with Crippen LogP contribution in [-0.4, -0.2) is 10.8 Å². The molecule has 0 amide bonds. The summed E-state index contributed by atoms with van der Waals surface area (Å²) in [5.41, 5.74) is 6.80. The van der Waals surface area contributed by atoms with Crippen molar-refractivity contribution < 1.29 is 9.66 Å². The van der Waals surface area contributed by atoms with Gasteiger partial charge in [-0.2, -0.15) is 0 Å². The molecule has 0 fully saturated rings. The highest BCUT2D eigenvalue weighted by atomic mass is 79.9. The summed E-state index contributed by atoms with van der Waals surface area (Å²) >= 11 is 3.17. The standard InChI is InChI=1S/C14H12BrN3O3/c15-13-11(18(19)20)5-2-6-12(13)21-8-9-3-1-4-10(7-9)14(16)17/h1-7H,8H2,(H3,16,17). The van der Waals surface area contributed by atoms with Crippen LogP contribution in [0.2, 0.25) is 0 Å². The fraction of sp³-hybridized carbons (Fsp3) is 0.0714. The lowest BCUT2D eigenvalue weighted by atomic mass is 10.1. The van der Waals surface area contributed by atoms with Gasteiger partial charge in [0, 0.05) is 11.6 Å². The summed E-state index contributed by atoms with van der Waals surface area (Å²) < 4.78 is 5.89. The topological polar surface area (TPSA) is 102 Å². The van der Waals surface area contributed by atoms with Gasteiger partial charge in [-0.15, -0.1) is 0 Å². The zero-order valence-electron chi connectivity index (χ0n) is 10.9. The van der Waals surface area contributed by atoms with E-state index in [0.29, 0.717) is 15.8 Å². The van der Waals surface area contributed by atoms with Crippen molar-refractivity contribution in [2.24, 2.45) is 5.73 Å². The Morgan fingerprint density at radius 3 is 2.71 bits per heavy atom. The average molecular weight is 350 g/mol. The van der Waals surface area contributed by atoms with Crippen LogP contribution in [0, 0.1) is 15.5 Å². The molecule has 7 heteroatoms. The SMILES string of the molecule is N=C(N)c1cccc(COc2cccc([N+](=O)[O-])c2Br)c1. The number of rotatable bonds is 5. The third-order valence-electron chi connectivity index (χ3n) is 2.77. The molecule has 0 radical (unpaired) electrons. The summed E-state index contributed by atoms with van der Waals surface area (Å²) in [5, 5.41) is 18.2. The van der Waals surface area contributed by atoms with Gasteiger partial charge in [-0.05, 0) is 33.6 Å². The molecule has 2 rings (SSSR count). The predicted octanol–water partition coefficient (Wildman–Crippen LogP) is 3.22. The van der Waals surface area contributed by atoms with E-state index in [2.05, 4.69) is 15.9 Å². The van der Waals surface area contributed by atoms with Crippen LogP contribution in [0.3, 0.4) is 0 Å². The van der Waals surface area contributed by atoms with Crippen LogP contribution in [0.25, 0.3) is 0 Å². The molecule has 0 saturated carbocycles. The molecular formula is C14H12BrN3O3. The maximum Gasteiger partial charge on any atom is 0.287 e. The Kier molecular flexibility index (Phi) is 4.54. The van der Waals surface area contributed by atoms with Gasteiger partial charge >= 0.3 is 0 Å². The number of nitro groups is 1. The summed E-state index contributed by atoms with van der Waals surface area (Å²) in [6.45, 7) is 0.223. The van der Waals surface area contributed by atoms with Crippen molar-refractivity contribution in [2.75, 3.05) is 0 Å². The Bertz CT molecular complexity index is 704. The first-order chi connectivity index (χ1) is 9.99. The van der Waals surface area contributed by atoms with Gasteiger partial charge in [0.25, 0.3) is 5.69 Å². The van der Waals surface area contributed by atoms with E-state index in [-0.39, 0.29) is 18.1 Å². The minimum atomic E-state index is -0.479. The number of hydrogen-bond donors (Lipinski definition) is 2. The van der Waals surface area contributed by atoms with E-state index < -0.39 is 4.92 Å². The number of halogens is 1. The van der Waals surface area contributed by atoms with E-state index >= 15 is 0 Å². The number of hydrogen-bond acceptors (Lipinski definition) is 4. The van der Waals surface area contributed by atoms with E-state index in [1.165, 1.54) is 6.07 Å². The maximum atomic E-state index is 10.9. The molecule has 0 aliphatic rings. The summed E-state index contributed by atoms with van der Waals surface area (Å²) in [7, 11) is 0. The van der Waals surface area contributed by atoms with E-state index in [4.69, 9.17) is 15.9 Å². The Morgan fingerprint density at radius 2 is 2.05 bits per heavy atom. The predicted molar refractivity (Wildman–Crippen MR) is 82.6 cm³/mol. The lowest BCUT2D eigenvalue weighted by Gasteiger charge is -2.09. The van der Waals surface area contributed by atoms with E-state index in [9.17, 15) is 10.1 Å². The highest BCUT2D eigenvalue weighted by Gasteiger charge is 2.15. The smallest absolute Gasteiger partial charge is 0.287 e. The lowest BCUT2D eigenvalue weighted by molar-refractivity contribution is -0.385. The summed E-state index contributed by atoms with van der Waals surface area (Å²) in [5.74, 6) is 0.366. The first-order valence-electron chi connectivity index (χ1n) is 5.98. The zero-order valence-corrected chi connectivity index (χ0v) is 12.5. The van der Waals surface area contributed by atoms with Gasteiger partial charge in [0.15, 0.2) is 0 Å². The number of amidine groups is 1. The van der Waals surface area contributed by atoms with E-state index in [1.807, 2.05) is 6.07 Å². The van der Waals surface area contributed by atoms with Crippen LogP contribution in [0.15, 0.2) is 46.9 Å². The quantitative estimate of drug-likeness (QED) is 0.374. The number of nitrogens with two attached hydrogens (primary N) is 1. The summed E-state index contributed by atoms with van der Waals surface area (Å²) in [4.78, 5) is 10.4. The molecule has 6 nitrogen and oxygen atoms in total. The number of nitro benzene ring substituents is 1. The van der Waals surface area contributed by atoms with Gasteiger partial charge in [0.05, 0.1) is 4.92 Å². The monoisotopic (exact) mass is 349 g/mol. The Hall–Kier alpha value is -2.41. The third kappa shape index (κ3) is 3.57. The lowest BCUT2D eigenvalue weighted by Crippen LogP contribution is -2.11. The minimum Gasteiger partial charge on any atom is -0.487 e. The van der Waals surface area contributed by atoms with Crippen molar-refractivity contribution >= 4 is 27.5 Å². The number of nitrogens with zero attached hydrogens (tertiary/aromatic N) is 1. The van der Waals surface area contributed by atoms with Crippen LogP contribution in [0.1, 0.15) is 11.1 Å². The van der Waals surface area contributed by atoms with Crippen LogP contribution in [-0.2, 0) is 6.61 Å². The van der Waals surface area contributed by atoms with Crippen molar-refractivity contribution in [2.45, 2.75) is 6.61 Å². The average Bonchev–Trinajstić information content (AvgIpc) is 2.46. The minimum absolute atomic E-state index is 0.0200. The number of benzene rings is 2. The molecule has 0 spiro atoms. The van der Waals surface area contributed by atoms with Crippen molar-refractivity contribution in [3.05, 3.63) is 68.2 Å². The van der Waals surface area contributed by atoms with E-state index in [0.717, 1.165) is 5.56 Å². The van der Waals surface area contributed by atoms with Gasteiger partial charge in [-0.3, -0.25) is 15.5 Å². The van der Waals surface area contributed by atoms with Crippen molar-refractivity contribution in [3.63, 3.8) is 0 Å². The largest absolute Gasteiger partial charge is 0.487 e. The molecule has 0 aliphatic heterocycles. The summed E-state index contributed by atoms with van der Waals surface area (Å²) in [6, 6.07) is 11.7. The number of nitrogens with one attached hydrogen (secondary N) is 1. The second-order valence-corrected chi connectivity index (χ2v) is 5.04. The molecule has 2 aromatic carbocycles. The molecule has 0 heterocycles. The van der Waals surface area contributed by atoms with Gasteiger partial charge in [-0.25, -0.2) is 0 Å². The molecule has 21 heavy (non-hydrogen) atoms. The van der Waals surface area contributed by atoms with Crippen LogP contribution >= 0.6 is 15.9 Å². The maximum absolute atomic E-state index is 10.9. The second kappa shape index (κ2) is 6.36. The molecular weight excluding hydrogens is 338 g/mol. The van der Waals surface area contributed by atoms with Crippen LogP contribution < -0.4 is 10.5 Å². The number of ether oxygens (including phenoxy) is 1. The molecule has 0 atom stereocenters. The Balaban J connectivity index is 2.17. The fourth-order valence-corrected chi connectivity index (χ4v) is 2.26. The third-order valence-corrected chi connectivity index (χ3v) is 3.57. The molecule has 0 aliphatic carbocycles. The normalized spacial score (nSPS) is 10.1. The van der Waals surface area contributed by atoms with Gasteiger partial charge in [0.2, 0.25) is 0 Å². The van der Waals surface area contributed by atoms with Crippen molar-refractivity contribution in [3.8, 4) is 5.75 Å². The van der Waals surface area contributed by atoms with Crippen molar-refractivity contribution in [1.29, 1.82) is 5.41 Å². The molecule has 108 valence electrons. The Labute approximate surface area is 129 Å². The molecule has 0 bridgehead atoms. The Morgan fingerprint density at radius 1 is 1.33 bits per heavy atom. The highest BCUT2D eigenvalue weighted by molar-refractivity contribution is 9.10. The van der Waals surface area contributed by atoms with Crippen molar-refractivity contribution in [1.82, 2.24) is 0 Å². The molecule has 2 aromatic rings. The van der Waals surface area contributed by atoms with Crippen LogP contribution in [0.5, 0.6) is 5.75 Å².